The molecule has 418 valence electrons. The number of rotatable bonds is 10. The molecule has 4 aliphatic carbocycles. The zero-order chi connectivity index (χ0) is 52.7. The molecular weight excluding hydrogens is 961 g/mol. The highest BCUT2D eigenvalue weighted by Gasteiger charge is 2.81. The van der Waals surface area contributed by atoms with E-state index in [1.807, 2.05) is 6.92 Å². The van der Waals surface area contributed by atoms with Crippen molar-refractivity contribution < 1.29 is 104 Å². The van der Waals surface area contributed by atoms with Gasteiger partial charge in [-0.1, -0.05) is 39.3 Å². The second-order valence-electron chi connectivity index (χ2n) is 25.3. The molecule has 0 aromatic carbocycles. The van der Waals surface area contributed by atoms with Crippen LogP contribution in [-0.2, 0) is 47.4 Å². The van der Waals surface area contributed by atoms with Crippen LogP contribution in [0.2, 0.25) is 0 Å². The molecule has 6 aliphatic heterocycles. The van der Waals surface area contributed by atoms with E-state index >= 15 is 0 Å². The first-order chi connectivity index (χ1) is 34.2. The predicted molar refractivity (Wildman–Crippen MR) is 250 cm³/mol. The van der Waals surface area contributed by atoms with Gasteiger partial charge in [0.15, 0.2) is 30.9 Å². The van der Waals surface area contributed by atoms with Gasteiger partial charge in [0.05, 0.1) is 50.3 Å². The SMILES string of the molecule is CC(C)=CC1C[C@](C)(O)C2C3CCC4[C@@]5(C)CCC(OC6OCC(O)C(OC7OC(CO)C(O)C(O)C7OC7OCC(O)C(O)C7O)C6OC6OC(C)C(O)C(O)C6O)C(C)(C)C5CC[C@@]4(C)[C@@]34CO[C@@]2(C4)O1. The highest BCUT2D eigenvalue weighted by atomic mass is 16.8. The summed E-state index contributed by atoms with van der Waals surface area (Å²) in [5.41, 5.74) is -0.717. The van der Waals surface area contributed by atoms with Gasteiger partial charge in [-0.15, -0.1) is 0 Å². The number of hydrogen-bond donors (Lipinski definition) is 11. The standard InChI is InChI=1S/C52H84O21/c1-22(2)15-24-16-50(8,63)42-25-9-10-30-48(6)13-12-31(47(4,5)29(48)11-14-49(30,7)51(25)20-52(42,73-24)66-21-51)69-45-41(72-44-38(62)35(59)32(56)23(3)67-44)39(27(55)19-65-45)70-46-40(36(60)34(58)28(17-53)68-46)71-43-37(61)33(57)26(54)18-64-43/h15,23-46,53-63H,9-14,16-21H2,1-8H3/t23?,24?,25?,26?,27?,28?,29?,30?,31?,32?,33?,34?,35?,36?,37?,38?,39?,40?,41?,42?,43?,44?,45?,46?,48-,49+,50-,51-,52-/m0/s1. The Morgan fingerprint density at radius 1 is 0.644 bits per heavy atom. The first-order valence-electron chi connectivity index (χ1n) is 26.8. The monoisotopic (exact) mass is 1040 g/mol. The lowest BCUT2D eigenvalue weighted by Gasteiger charge is -2.70. The molecular formula is C52H84O21. The maximum atomic E-state index is 12.3. The molecule has 21 nitrogen and oxygen atoms in total. The molecule has 73 heavy (non-hydrogen) atoms. The number of hydrogen-bond acceptors (Lipinski definition) is 21. The minimum atomic E-state index is -1.87. The van der Waals surface area contributed by atoms with Crippen molar-refractivity contribution in [2.45, 2.75) is 241 Å². The van der Waals surface area contributed by atoms with E-state index in [2.05, 4.69) is 47.6 Å². The van der Waals surface area contributed by atoms with Crippen LogP contribution in [0.1, 0.15) is 107 Å². The van der Waals surface area contributed by atoms with Gasteiger partial charge < -0.3 is 104 Å². The van der Waals surface area contributed by atoms with Gasteiger partial charge in [0.2, 0.25) is 0 Å². The minimum Gasteiger partial charge on any atom is -0.394 e. The lowest BCUT2D eigenvalue weighted by atomic mass is 9.35. The van der Waals surface area contributed by atoms with Crippen LogP contribution in [0.5, 0.6) is 0 Å². The van der Waals surface area contributed by atoms with Crippen molar-refractivity contribution >= 4 is 0 Å². The maximum Gasteiger partial charge on any atom is 0.187 e. The van der Waals surface area contributed by atoms with Crippen LogP contribution >= 0.6 is 0 Å². The Morgan fingerprint density at radius 3 is 2.03 bits per heavy atom. The maximum absolute atomic E-state index is 12.3. The van der Waals surface area contributed by atoms with Gasteiger partial charge in [0.25, 0.3) is 0 Å². The first-order valence-corrected chi connectivity index (χ1v) is 26.8. The molecule has 0 amide bonds. The van der Waals surface area contributed by atoms with Crippen LogP contribution < -0.4 is 0 Å². The van der Waals surface area contributed by atoms with Crippen LogP contribution in [0.4, 0.5) is 0 Å². The Bertz CT molecular complexity index is 2010. The highest BCUT2D eigenvalue weighted by Crippen LogP contribution is 2.80. The van der Waals surface area contributed by atoms with E-state index < -0.39 is 147 Å². The van der Waals surface area contributed by atoms with E-state index in [1.165, 1.54) is 6.92 Å². The van der Waals surface area contributed by atoms with Gasteiger partial charge >= 0.3 is 0 Å². The number of allylic oxidation sites excluding steroid dienone is 1. The molecule has 2 spiro atoms. The Hall–Kier alpha value is -1.10. The van der Waals surface area contributed by atoms with Gasteiger partial charge in [-0.25, -0.2) is 0 Å². The van der Waals surface area contributed by atoms with Crippen LogP contribution in [0.25, 0.3) is 0 Å². The van der Waals surface area contributed by atoms with Crippen molar-refractivity contribution in [2.24, 2.45) is 45.3 Å². The molecule has 29 atom stereocenters. The highest BCUT2D eigenvalue weighted by molar-refractivity contribution is 5.27. The fourth-order valence-electron chi connectivity index (χ4n) is 16.9. The lowest BCUT2D eigenvalue weighted by molar-refractivity contribution is -0.399. The summed E-state index contributed by atoms with van der Waals surface area (Å²) in [7, 11) is 0. The average molecular weight is 1050 g/mol. The van der Waals surface area contributed by atoms with Gasteiger partial charge in [-0.3, -0.25) is 0 Å². The molecule has 10 fully saturated rings. The Labute approximate surface area is 426 Å². The quantitative estimate of drug-likeness (QED) is 0.0967. The van der Waals surface area contributed by atoms with E-state index in [9.17, 15) is 56.2 Å². The second kappa shape index (κ2) is 19.6. The van der Waals surface area contributed by atoms with E-state index in [-0.39, 0.29) is 46.7 Å². The van der Waals surface area contributed by atoms with Crippen molar-refractivity contribution in [3.8, 4) is 0 Å². The van der Waals surface area contributed by atoms with E-state index in [4.69, 9.17) is 47.4 Å². The Balaban J connectivity index is 0.919. The summed E-state index contributed by atoms with van der Waals surface area (Å²) in [4.78, 5) is 0. The normalized spacial score (nSPS) is 57.5. The Morgan fingerprint density at radius 2 is 1.32 bits per heavy atom. The zero-order valence-corrected chi connectivity index (χ0v) is 43.4. The van der Waals surface area contributed by atoms with E-state index in [0.29, 0.717) is 25.4 Å². The van der Waals surface area contributed by atoms with Crippen LogP contribution in [-0.4, -0.2) is 217 Å². The summed E-state index contributed by atoms with van der Waals surface area (Å²) in [5, 5.41) is 121. The van der Waals surface area contributed by atoms with Crippen LogP contribution in [0, 0.1) is 45.3 Å². The van der Waals surface area contributed by atoms with E-state index in [1.54, 1.807) is 0 Å². The lowest BCUT2D eigenvalue weighted by Crippen LogP contribution is -2.68. The number of aliphatic hydroxyl groups excluding tert-OH is 10. The molecule has 11 N–H and O–H groups in total. The van der Waals surface area contributed by atoms with Gasteiger partial charge in [0, 0.05) is 24.2 Å². The van der Waals surface area contributed by atoms with Gasteiger partial charge in [-0.2, -0.15) is 0 Å². The molecule has 10 aliphatic rings. The fraction of sp³-hybridized carbons (Fsp3) is 0.962. The number of ether oxygens (including phenoxy) is 10. The third-order valence-electron chi connectivity index (χ3n) is 20.4. The largest absolute Gasteiger partial charge is 0.394 e. The Kier molecular flexibility index (Phi) is 14.8. The van der Waals surface area contributed by atoms with Crippen LogP contribution in [0.3, 0.4) is 0 Å². The van der Waals surface area contributed by atoms with Crippen LogP contribution in [0.15, 0.2) is 11.6 Å². The predicted octanol–water partition coefficient (Wildman–Crippen LogP) is -0.542. The molecule has 2 bridgehead atoms. The molecule has 10 rings (SSSR count). The van der Waals surface area contributed by atoms with Crippen molar-refractivity contribution in [3.05, 3.63) is 11.6 Å². The van der Waals surface area contributed by atoms with Crippen molar-refractivity contribution in [1.82, 2.24) is 0 Å². The summed E-state index contributed by atoms with van der Waals surface area (Å²) in [6.07, 6.45) is -20.8. The molecule has 6 heterocycles. The summed E-state index contributed by atoms with van der Waals surface area (Å²) in [6, 6.07) is 0. The third-order valence-corrected chi connectivity index (χ3v) is 20.4. The molecule has 21 heteroatoms. The summed E-state index contributed by atoms with van der Waals surface area (Å²) in [5.74, 6) is -0.230. The molecule has 6 saturated heterocycles. The summed E-state index contributed by atoms with van der Waals surface area (Å²) in [6.45, 7) is 15.9. The van der Waals surface area contributed by atoms with Crippen molar-refractivity contribution in [3.63, 3.8) is 0 Å². The molecule has 0 aromatic rings. The second-order valence-corrected chi connectivity index (χ2v) is 25.3. The molecule has 0 radical (unpaired) electrons. The van der Waals surface area contributed by atoms with Gasteiger partial charge in [0.1, 0.15) is 79.4 Å². The summed E-state index contributed by atoms with van der Waals surface area (Å²) >= 11 is 0. The molecule has 4 saturated carbocycles. The smallest absolute Gasteiger partial charge is 0.187 e. The topological polar surface area (TPSA) is 315 Å². The molecule has 0 aromatic heterocycles. The zero-order valence-electron chi connectivity index (χ0n) is 43.4. The fourth-order valence-corrected chi connectivity index (χ4v) is 16.9. The minimum absolute atomic E-state index is 0.108. The molecule has 24 unspecified atom stereocenters. The summed E-state index contributed by atoms with van der Waals surface area (Å²) < 4.78 is 63.4. The average Bonchev–Trinajstić information content (AvgIpc) is 3.85. The van der Waals surface area contributed by atoms with Gasteiger partial charge in [-0.05, 0) is 100 Å². The van der Waals surface area contributed by atoms with Crippen molar-refractivity contribution in [2.75, 3.05) is 26.4 Å². The number of fused-ring (bicyclic) bond motifs is 4. The third kappa shape index (κ3) is 8.77. The number of aliphatic hydroxyl groups is 11. The first kappa shape index (κ1) is 55.2. The van der Waals surface area contributed by atoms with Crippen molar-refractivity contribution in [1.29, 1.82) is 0 Å². The van der Waals surface area contributed by atoms with E-state index in [0.717, 1.165) is 44.1 Å².